The third kappa shape index (κ3) is 7.61. The maximum Gasteiger partial charge on any atom is 0.251 e. The summed E-state index contributed by atoms with van der Waals surface area (Å²) >= 11 is 1.26. The number of aliphatic imine (C=N–C) groups is 1. The van der Waals surface area contributed by atoms with Crippen LogP contribution >= 0.6 is 11.5 Å². The van der Waals surface area contributed by atoms with Crippen LogP contribution in [0.15, 0.2) is 29.7 Å². The number of halogens is 2. The van der Waals surface area contributed by atoms with Crippen LogP contribution in [0.3, 0.4) is 0 Å². The Kier molecular flexibility index (Phi) is 9.82. The van der Waals surface area contributed by atoms with Crippen molar-refractivity contribution in [3.63, 3.8) is 0 Å². The van der Waals surface area contributed by atoms with Crippen LogP contribution < -0.4 is 5.32 Å². The first-order chi connectivity index (χ1) is 16.8. The number of ether oxygens (including phenoxy) is 1. The summed E-state index contributed by atoms with van der Waals surface area (Å²) in [4.78, 5) is 15.4. The smallest absolute Gasteiger partial charge is 0.251 e. The molecule has 0 saturated heterocycles. The summed E-state index contributed by atoms with van der Waals surface area (Å²) in [6.45, 7) is 11.3. The third-order valence-electron chi connectivity index (χ3n) is 5.35. The Balaban J connectivity index is 1.79. The first-order valence-corrected chi connectivity index (χ1v) is 12.4. The standard InChI is InChI=1S/C24H33F2N7OS/c1-6-17(4)27-11-16(3)20-12-28-24-23(29-18(5)13-33(20)24)30-22-10-19(31-35-22)14-32(15-21(25)26)8-9-34-7-2/h10-13,21H,6-9,14-15H2,1-5H3,(H,29,30)/b16-11+,27-17?. The molecule has 0 fully saturated rings. The van der Waals surface area contributed by atoms with Crippen LogP contribution in [-0.4, -0.2) is 62.1 Å². The molecule has 190 valence electrons. The number of alkyl halides is 2. The molecular formula is C24H33F2N7OS. The normalized spacial score (nSPS) is 12.9. The summed E-state index contributed by atoms with van der Waals surface area (Å²) in [7, 11) is 0. The predicted molar refractivity (Wildman–Crippen MR) is 138 cm³/mol. The second-order valence-electron chi connectivity index (χ2n) is 8.23. The van der Waals surface area contributed by atoms with Crippen LogP contribution in [0, 0.1) is 6.92 Å². The molecule has 0 aliphatic rings. The summed E-state index contributed by atoms with van der Waals surface area (Å²) in [6.07, 6.45) is 4.09. The molecule has 0 aliphatic carbocycles. The molecule has 0 radical (unpaired) electrons. The van der Waals surface area contributed by atoms with Gasteiger partial charge in [0.15, 0.2) is 11.5 Å². The van der Waals surface area contributed by atoms with Crippen molar-refractivity contribution in [3.8, 4) is 0 Å². The molecule has 3 heterocycles. The monoisotopic (exact) mass is 505 g/mol. The van der Waals surface area contributed by atoms with Gasteiger partial charge in [0.1, 0.15) is 5.00 Å². The van der Waals surface area contributed by atoms with Gasteiger partial charge in [-0.25, -0.2) is 18.7 Å². The lowest BCUT2D eigenvalue weighted by Gasteiger charge is -2.20. The van der Waals surface area contributed by atoms with E-state index in [0.717, 1.165) is 34.1 Å². The van der Waals surface area contributed by atoms with Gasteiger partial charge in [0.2, 0.25) is 0 Å². The molecule has 0 bridgehead atoms. The average molecular weight is 506 g/mol. The SMILES string of the molecule is CCOCCN(Cc1cc(Nc2nc(C)cn3c(/C(C)=C/N=C(C)CC)cnc23)sn1)CC(F)F. The lowest BCUT2D eigenvalue weighted by molar-refractivity contribution is 0.0583. The molecule has 35 heavy (non-hydrogen) atoms. The van der Waals surface area contributed by atoms with E-state index in [2.05, 4.69) is 31.6 Å². The number of nitrogens with zero attached hydrogens (tertiary/aromatic N) is 6. The molecule has 0 unspecified atom stereocenters. The number of hydrogen-bond acceptors (Lipinski definition) is 8. The van der Waals surface area contributed by atoms with Gasteiger partial charge in [-0.3, -0.25) is 14.3 Å². The van der Waals surface area contributed by atoms with Crippen LogP contribution in [0.4, 0.5) is 19.6 Å². The maximum absolute atomic E-state index is 13.0. The van der Waals surface area contributed by atoms with Crippen LogP contribution in [0.2, 0.25) is 0 Å². The fourth-order valence-corrected chi connectivity index (χ4v) is 4.07. The van der Waals surface area contributed by atoms with Gasteiger partial charge in [0.25, 0.3) is 6.43 Å². The fourth-order valence-electron chi connectivity index (χ4n) is 3.41. The molecule has 11 heteroatoms. The second-order valence-corrected chi connectivity index (χ2v) is 9.03. The topological polar surface area (TPSA) is 79.9 Å². The van der Waals surface area contributed by atoms with Crippen molar-refractivity contribution < 1.29 is 13.5 Å². The number of allylic oxidation sites excluding steroid dienone is 1. The molecule has 3 aromatic heterocycles. The van der Waals surface area contributed by atoms with Crippen LogP contribution in [-0.2, 0) is 11.3 Å². The molecule has 0 saturated carbocycles. The van der Waals surface area contributed by atoms with E-state index in [-0.39, 0.29) is 6.54 Å². The zero-order chi connectivity index (χ0) is 25.4. The molecular weight excluding hydrogens is 472 g/mol. The van der Waals surface area contributed by atoms with E-state index < -0.39 is 6.43 Å². The third-order valence-corrected chi connectivity index (χ3v) is 6.09. The lowest BCUT2D eigenvalue weighted by atomic mass is 10.2. The quantitative estimate of drug-likeness (QED) is 0.242. The first kappa shape index (κ1) is 26.8. The van der Waals surface area contributed by atoms with Crippen molar-refractivity contribution in [2.75, 3.05) is 31.6 Å². The Morgan fingerprint density at radius 3 is 2.86 bits per heavy atom. The van der Waals surface area contributed by atoms with E-state index in [9.17, 15) is 8.78 Å². The highest BCUT2D eigenvalue weighted by Crippen LogP contribution is 2.26. The van der Waals surface area contributed by atoms with E-state index in [4.69, 9.17) is 4.74 Å². The van der Waals surface area contributed by atoms with Crippen molar-refractivity contribution >= 4 is 39.3 Å². The number of anilines is 2. The average Bonchev–Trinajstić information content (AvgIpc) is 3.43. The molecule has 0 amide bonds. The molecule has 3 rings (SSSR count). The van der Waals surface area contributed by atoms with Gasteiger partial charge in [0.05, 0.1) is 36.4 Å². The highest BCUT2D eigenvalue weighted by atomic mass is 32.1. The summed E-state index contributed by atoms with van der Waals surface area (Å²) in [5.74, 6) is 0.605. The van der Waals surface area contributed by atoms with Gasteiger partial charge >= 0.3 is 0 Å². The Bertz CT molecular complexity index is 1170. The van der Waals surface area contributed by atoms with Gasteiger partial charge in [-0.15, -0.1) is 0 Å². The molecule has 0 aliphatic heterocycles. The van der Waals surface area contributed by atoms with E-state index in [1.54, 1.807) is 4.90 Å². The highest BCUT2D eigenvalue weighted by molar-refractivity contribution is 7.10. The van der Waals surface area contributed by atoms with Crippen molar-refractivity contribution in [1.29, 1.82) is 0 Å². The predicted octanol–water partition coefficient (Wildman–Crippen LogP) is 5.57. The van der Waals surface area contributed by atoms with Crippen LogP contribution in [0.25, 0.3) is 11.2 Å². The number of aryl methyl sites for hydroxylation is 1. The van der Waals surface area contributed by atoms with Gasteiger partial charge in [-0.05, 0) is 57.3 Å². The number of fused-ring (bicyclic) bond motifs is 1. The van der Waals surface area contributed by atoms with E-state index in [1.807, 2.05) is 56.8 Å². The maximum atomic E-state index is 13.0. The lowest BCUT2D eigenvalue weighted by Crippen LogP contribution is -2.31. The number of hydrogen-bond donors (Lipinski definition) is 1. The molecule has 0 aromatic carbocycles. The van der Waals surface area contributed by atoms with Crippen LogP contribution in [0.1, 0.15) is 51.2 Å². The van der Waals surface area contributed by atoms with E-state index in [0.29, 0.717) is 43.5 Å². The molecule has 0 spiro atoms. The summed E-state index contributed by atoms with van der Waals surface area (Å²) in [5.41, 5.74) is 5.20. The van der Waals surface area contributed by atoms with E-state index in [1.165, 1.54) is 11.5 Å². The highest BCUT2D eigenvalue weighted by Gasteiger charge is 2.16. The summed E-state index contributed by atoms with van der Waals surface area (Å²) < 4.78 is 37.8. The number of imidazole rings is 1. The molecule has 3 aromatic rings. The number of nitrogens with one attached hydrogen (secondary N) is 1. The minimum Gasteiger partial charge on any atom is -0.380 e. The summed E-state index contributed by atoms with van der Waals surface area (Å²) in [6, 6.07) is 1.86. The second kappa shape index (κ2) is 12.8. The zero-order valence-electron chi connectivity index (χ0n) is 20.9. The minimum absolute atomic E-state index is 0.320. The van der Waals surface area contributed by atoms with Gasteiger partial charge in [-0.1, -0.05) is 6.92 Å². The van der Waals surface area contributed by atoms with Gasteiger partial charge < -0.3 is 10.1 Å². The number of rotatable bonds is 13. The van der Waals surface area contributed by atoms with Crippen molar-refractivity contribution in [1.82, 2.24) is 23.6 Å². The Morgan fingerprint density at radius 1 is 1.34 bits per heavy atom. The first-order valence-electron chi connectivity index (χ1n) is 11.7. The Hall–Kier alpha value is -2.76. The number of aromatic nitrogens is 4. The van der Waals surface area contributed by atoms with E-state index >= 15 is 0 Å². The molecule has 1 N–H and O–H groups in total. The summed E-state index contributed by atoms with van der Waals surface area (Å²) in [5, 5.41) is 4.07. The van der Waals surface area contributed by atoms with Gasteiger partial charge in [0, 0.05) is 37.8 Å². The Labute approximate surface area is 208 Å². The van der Waals surface area contributed by atoms with Crippen molar-refractivity contribution in [3.05, 3.63) is 41.7 Å². The fraction of sp³-hybridized carbons (Fsp3) is 0.500. The zero-order valence-corrected chi connectivity index (χ0v) is 21.7. The van der Waals surface area contributed by atoms with Crippen molar-refractivity contribution in [2.24, 2.45) is 4.99 Å². The molecule has 0 atom stereocenters. The largest absolute Gasteiger partial charge is 0.380 e. The minimum atomic E-state index is -2.42. The van der Waals surface area contributed by atoms with Crippen LogP contribution in [0.5, 0.6) is 0 Å². The van der Waals surface area contributed by atoms with Gasteiger partial charge in [-0.2, -0.15) is 4.37 Å². The Morgan fingerprint density at radius 2 is 2.14 bits per heavy atom. The molecule has 8 nitrogen and oxygen atoms in total. The van der Waals surface area contributed by atoms with Crippen molar-refractivity contribution in [2.45, 2.75) is 54.0 Å².